The molecule has 3 heteroatoms. The third-order valence-electron chi connectivity index (χ3n) is 4.67. The summed E-state index contributed by atoms with van der Waals surface area (Å²) < 4.78 is 12.1. The lowest BCUT2D eigenvalue weighted by atomic mass is 9.88. The van der Waals surface area contributed by atoms with E-state index in [9.17, 15) is 0 Å². The highest BCUT2D eigenvalue weighted by molar-refractivity contribution is 5.40. The topological polar surface area (TPSA) is 30.5 Å². The second-order valence-electron chi connectivity index (χ2n) is 5.98. The van der Waals surface area contributed by atoms with Gasteiger partial charge in [0.05, 0.1) is 6.04 Å². The van der Waals surface area contributed by atoms with Crippen molar-refractivity contribution in [2.24, 2.45) is 5.92 Å². The number of rotatable bonds is 3. The van der Waals surface area contributed by atoms with Crippen molar-refractivity contribution in [1.82, 2.24) is 5.32 Å². The number of hydrogen-bond acceptors (Lipinski definition) is 3. The van der Waals surface area contributed by atoms with Crippen molar-refractivity contribution in [3.05, 3.63) is 24.3 Å². The molecule has 3 nitrogen and oxygen atoms in total. The van der Waals surface area contributed by atoms with Crippen LogP contribution in [0.3, 0.4) is 0 Å². The molecule has 20 heavy (non-hydrogen) atoms. The van der Waals surface area contributed by atoms with E-state index < -0.39 is 0 Å². The van der Waals surface area contributed by atoms with Gasteiger partial charge in [-0.25, -0.2) is 0 Å². The van der Waals surface area contributed by atoms with Gasteiger partial charge in [0.25, 0.3) is 0 Å². The second kappa shape index (κ2) is 6.49. The summed E-state index contributed by atoms with van der Waals surface area (Å²) in [6, 6.07) is 8.36. The molecule has 2 aliphatic rings. The summed E-state index contributed by atoms with van der Waals surface area (Å²) in [5.41, 5.74) is 0. The van der Waals surface area contributed by atoms with Crippen molar-refractivity contribution in [3.8, 4) is 11.5 Å². The molecule has 1 aliphatic heterocycles. The summed E-state index contributed by atoms with van der Waals surface area (Å²) in [7, 11) is 2.05. The predicted octanol–water partition coefficient (Wildman–Crippen LogP) is 3.38. The number of likely N-dealkylation sites (N-methyl/N-ethyl adjacent to an activating group) is 1. The largest absolute Gasteiger partial charge is 0.486 e. The summed E-state index contributed by atoms with van der Waals surface area (Å²) in [6.45, 7) is 0.652. The quantitative estimate of drug-likeness (QED) is 0.858. The van der Waals surface area contributed by atoms with Gasteiger partial charge in [-0.3, -0.25) is 0 Å². The minimum atomic E-state index is 0.123. The van der Waals surface area contributed by atoms with Gasteiger partial charge in [0.2, 0.25) is 0 Å². The van der Waals surface area contributed by atoms with E-state index in [4.69, 9.17) is 9.47 Å². The zero-order valence-electron chi connectivity index (χ0n) is 12.3. The molecular formula is C17H25NO2. The van der Waals surface area contributed by atoms with Crippen LogP contribution in [0.25, 0.3) is 0 Å². The first kappa shape index (κ1) is 13.7. The third kappa shape index (κ3) is 2.93. The van der Waals surface area contributed by atoms with E-state index in [0.29, 0.717) is 18.6 Å². The average molecular weight is 275 g/mol. The van der Waals surface area contributed by atoms with Crippen molar-refractivity contribution in [2.45, 2.75) is 50.7 Å². The number of fused-ring (bicyclic) bond motifs is 1. The van der Waals surface area contributed by atoms with Gasteiger partial charge in [-0.05, 0) is 37.9 Å². The molecule has 1 aromatic rings. The summed E-state index contributed by atoms with van der Waals surface area (Å²) in [5, 5.41) is 3.50. The summed E-state index contributed by atoms with van der Waals surface area (Å²) in [5.74, 6) is 2.47. The Bertz CT molecular complexity index is 427. The number of para-hydroxylation sites is 2. The maximum atomic E-state index is 6.19. The van der Waals surface area contributed by atoms with Crippen LogP contribution in [-0.2, 0) is 0 Å². The van der Waals surface area contributed by atoms with Crippen molar-refractivity contribution < 1.29 is 9.47 Å². The third-order valence-corrected chi connectivity index (χ3v) is 4.67. The van der Waals surface area contributed by atoms with Crippen molar-refractivity contribution in [1.29, 1.82) is 0 Å². The fourth-order valence-corrected chi connectivity index (χ4v) is 3.61. The molecular weight excluding hydrogens is 250 g/mol. The van der Waals surface area contributed by atoms with Crippen LogP contribution < -0.4 is 14.8 Å². The maximum absolute atomic E-state index is 6.19. The van der Waals surface area contributed by atoms with Gasteiger partial charge in [-0.15, -0.1) is 0 Å². The van der Waals surface area contributed by atoms with Crippen LogP contribution in [0.4, 0.5) is 0 Å². The molecule has 0 aromatic heterocycles. The molecule has 0 bridgehead atoms. The van der Waals surface area contributed by atoms with E-state index in [1.54, 1.807) is 0 Å². The molecule has 1 heterocycles. The standard InChI is InChI=1S/C17H25NO2/c1-18-17(13-8-4-2-3-5-9-13)16-12-19-14-10-6-7-11-15(14)20-16/h6-7,10-11,13,16-18H,2-5,8-9,12H2,1H3. The SMILES string of the molecule is CNC(C1CCCCCC1)C1COc2ccccc2O1. The second-order valence-corrected chi connectivity index (χ2v) is 5.98. The zero-order chi connectivity index (χ0) is 13.8. The van der Waals surface area contributed by atoms with E-state index in [-0.39, 0.29) is 6.10 Å². The highest BCUT2D eigenvalue weighted by Crippen LogP contribution is 2.34. The minimum Gasteiger partial charge on any atom is -0.486 e. The van der Waals surface area contributed by atoms with E-state index in [0.717, 1.165) is 11.5 Å². The molecule has 2 atom stereocenters. The Morgan fingerprint density at radius 2 is 1.75 bits per heavy atom. The molecule has 0 radical (unpaired) electrons. The number of hydrogen-bond donors (Lipinski definition) is 1. The van der Waals surface area contributed by atoms with E-state index in [1.807, 2.05) is 24.3 Å². The summed E-state index contributed by atoms with van der Waals surface area (Å²) in [4.78, 5) is 0. The van der Waals surface area contributed by atoms with Gasteiger partial charge in [-0.1, -0.05) is 37.8 Å². The van der Waals surface area contributed by atoms with Crippen molar-refractivity contribution >= 4 is 0 Å². The molecule has 0 spiro atoms. The van der Waals surface area contributed by atoms with Crippen LogP contribution in [-0.4, -0.2) is 25.8 Å². The first-order chi connectivity index (χ1) is 9.88. The fourth-order valence-electron chi connectivity index (χ4n) is 3.61. The first-order valence-electron chi connectivity index (χ1n) is 7.94. The summed E-state index contributed by atoms with van der Waals surface area (Å²) >= 11 is 0. The number of ether oxygens (including phenoxy) is 2. The molecule has 1 fully saturated rings. The highest BCUT2D eigenvalue weighted by Gasteiger charge is 2.33. The minimum absolute atomic E-state index is 0.123. The van der Waals surface area contributed by atoms with Gasteiger partial charge in [-0.2, -0.15) is 0 Å². The normalized spacial score (nSPS) is 24.9. The lowest BCUT2D eigenvalue weighted by Crippen LogP contribution is -2.50. The molecule has 1 N–H and O–H groups in total. The Morgan fingerprint density at radius 3 is 2.45 bits per heavy atom. The Labute approximate surface area is 121 Å². The zero-order valence-corrected chi connectivity index (χ0v) is 12.3. The van der Waals surface area contributed by atoms with Crippen molar-refractivity contribution in [3.63, 3.8) is 0 Å². The maximum Gasteiger partial charge on any atom is 0.161 e. The van der Waals surface area contributed by atoms with Crippen LogP contribution in [0.5, 0.6) is 11.5 Å². The molecule has 0 saturated heterocycles. The Hall–Kier alpha value is -1.22. The first-order valence-corrected chi connectivity index (χ1v) is 7.94. The molecule has 1 aliphatic carbocycles. The van der Waals surface area contributed by atoms with Crippen molar-refractivity contribution in [2.75, 3.05) is 13.7 Å². The highest BCUT2D eigenvalue weighted by atomic mass is 16.6. The van der Waals surface area contributed by atoms with Gasteiger partial charge < -0.3 is 14.8 Å². The van der Waals surface area contributed by atoms with Crippen LogP contribution >= 0.6 is 0 Å². The van der Waals surface area contributed by atoms with Gasteiger partial charge in [0.1, 0.15) is 12.7 Å². The average Bonchev–Trinajstić information content (AvgIpc) is 2.77. The lowest BCUT2D eigenvalue weighted by molar-refractivity contribution is 0.0433. The molecule has 1 saturated carbocycles. The van der Waals surface area contributed by atoms with Gasteiger partial charge in [0.15, 0.2) is 11.5 Å². The molecule has 110 valence electrons. The Kier molecular flexibility index (Phi) is 4.46. The Balaban J connectivity index is 1.70. The smallest absolute Gasteiger partial charge is 0.161 e. The van der Waals surface area contributed by atoms with E-state index >= 15 is 0 Å². The fraction of sp³-hybridized carbons (Fsp3) is 0.647. The summed E-state index contributed by atoms with van der Waals surface area (Å²) in [6.07, 6.45) is 8.23. The van der Waals surface area contributed by atoms with Crippen LogP contribution in [0.15, 0.2) is 24.3 Å². The van der Waals surface area contributed by atoms with Crippen LogP contribution in [0, 0.1) is 5.92 Å². The molecule has 2 unspecified atom stereocenters. The Morgan fingerprint density at radius 1 is 1.05 bits per heavy atom. The molecule has 0 amide bonds. The van der Waals surface area contributed by atoms with E-state index in [1.165, 1.54) is 38.5 Å². The number of nitrogens with one attached hydrogen (secondary N) is 1. The predicted molar refractivity (Wildman–Crippen MR) is 80.4 cm³/mol. The molecule has 1 aromatic carbocycles. The lowest BCUT2D eigenvalue weighted by Gasteiger charge is -2.36. The van der Waals surface area contributed by atoms with Crippen LogP contribution in [0.1, 0.15) is 38.5 Å². The van der Waals surface area contributed by atoms with E-state index in [2.05, 4.69) is 12.4 Å². The van der Waals surface area contributed by atoms with Gasteiger partial charge >= 0.3 is 0 Å². The monoisotopic (exact) mass is 275 g/mol. The van der Waals surface area contributed by atoms with Crippen LogP contribution in [0.2, 0.25) is 0 Å². The van der Waals surface area contributed by atoms with Gasteiger partial charge in [0, 0.05) is 0 Å². The number of benzene rings is 1. The molecule has 3 rings (SSSR count).